The second-order valence-corrected chi connectivity index (χ2v) is 23.4. The van der Waals surface area contributed by atoms with E-state index >= 15 is 0 Å². The molecule has 2 unspecified atom stereocenters. The minimum Gasteiger partial charge on any atom is -0.477 e. The minimum absolute atomic E-state index is 0.183. The summed E-state index contributed by atoms with van der Waals surface area (Å²) in [7, 11) is 5.97. The Bertz CT molecular complexity index is 1650. The van der Waals surface area contributed by atoms with Crippen molar-refractivity contribution in [1.29, 1.82) is 0 Å². The number of carbonyl (C=O) groups is 3. The predicted molar refractivity (Wildman–Crippen MR) is 345 cm³/mol. The third-order valence-corrected chi connectivity index (χ3v) is 14.3. The van der Waals surface area contributed by atoms with Gasteiger partial charge in [-0.3, -0.25) is 9.59 Å². The van der Waals surface area contributed by atoms with Crippen LogP contribution in [0.5, 0.6) is 0 Å². The summed E-state index contributed by atoms with van der Waals surface area (Å²) in [6.07, 6.45) is 82.5. The van der Waals surface area contributed by atoms with E-state index in [1.807, 2.05) is 21.1 Å². The number of rotatable bonds is 61. The van der Waals surface area contributed by atoms with E-state index in [9.17, 15) is 19.5 Å². The zero-order chi connectivity index (χ0) is 59.1. The van der Waals surface area contributed by atoms with Crippen molar-refractivity contribution in [1.82, 2.24) is 0 Å². The number of carboxylic acid groups (broad SMARTS) is 1. The third kappa shape index (κ3) is 63.6. The number of hydrogen-bond donors (Lipinski definition) is 1. The van der Waals surface area contributed by atoms with Gasteiger partial charge in [0, 0.05) is 12.8 Å². The summed E-state index contributed by atoms with van der Waals surface area (Å²) in [4.78, 5) is 37.4. The van der Waals surface area contributed by atoms with E-state index < -0.39 is 24.3 Å². The number of allylic oxidation sites excluding steroid dienone is 16. The molecule has 0 aromatic heterocycles. The summed E-state index contributed by atoms with van der Waals surface area (Å²) in [5.41, 5.74) is 0. The van der Waals surface area contributed by atoms with E-state index in [2.05, 4.69) is 111 Å². The second kappa shape index (κ2) is 62.3. The Kier molecular flexibility index (Phi) is 59.3. The molecule has 466 valence electrons. The van der Waals surface area contributed by atoms with Crippen molar-refractivity contribution in [3.63, 3.8) is 0 Å². The molecule has 0 fully saturated rings. The first kappa shape index (κ1) is 77.2. The van der Waals surface area contributed by atoms with E-state index in [1.165, 1.54) is 148 Å². The lowest BCUT2D eigenvalue weighted by molar-refractivity contribution is -0.870. The summed E-state index contributed by atoms with van der Waals surface area (Å²) in [5, 5.41) is 9.71. The van der Waals surface area contributed by atoms with Crippen molar-refractivity contribution in [2.45, 2.75) is 296 Å². The van der Waals surface area contributed by atoms with Crippen LogP contribution >= 0.6 is 0 Å². The maximum Gasteiger partial charge on any atom is 0.361 e. The highest BCUT2D eigenvalue weighted by Crippen LogP contribution is 2.18. The van der Waals surface area contributed by atoms with E-state index in [4.69, 9.17) is 18.9 Å². The molecule has 0 radical (unpaired) electrons. The molecule has 2 atom stereocenters. The number of hydrogen-bond acceptors (Lipinski definition) is 7. The maximum absolute atomic E-state index is 12.9. The van der Waals surface area contributed by atoms with Gasteiger partial charge in [-0.2, -0.15) is 0 Å². The van der Waals surface area contributed by atoms with E-state index in [-0.39, 0.29) is 38.6 Å². The Morgan fingerprint density at radius 3 is 0.988 bits per heavy atom. The Hall–Kier alpha value is -3.79. The van der Waals surface area contributed by atoms with Gasteiger partial charge in [-0.25, -0.2) is 4.79 Å². The molecule has 81 heavy (non-hydrogen) atoms. The first-order valence-corrected chi connectivity index (χ1v) is 33.4. The molecule has 0 aromatic rings. The zero-order valence-corrected chi connectivity index (χ0v) is 53.2. The summed E-state index contributed by atoms with van der Waals surface area (Å²) in [6, 6.07) is 0. The first-order chi connectivity index (χ1) is 39.6. The van der Waals surface area contributed by atoms with Crippen molar-refractivity contribution in [2.24, 2.45) is 0 Å². The molecule has 0 saturated carbocycles. The van der Waals surface area contributed by atoms with Gasteiger partial charge >= 0.3 is 17.9 Å². The normalized spacial score (nSPS) is 13.3. The third-order valence-electron chi connectivity index (χ3n) is 14.3. The number of quaternary nitrogens is 1. The number of likely N-dealkylation sites (N-methyl/N-ethyl adjacent to an activating group) is 1. The van der Waals surface area contributed by atoms with Crippen LogP contribution in [0, 0.1) is 0 Å². The van der Waals surface area contributed by atoms with E-state index in [1.54, 1.807) is 0 Å². The van der Waals surface area contributed by atoms with E-state index in [0.717, 1.165) is 109 Å². The lowest BCUT2D eigenvalue weighted by Crippen LogP contribution is -2.40. The van der Waals surface area contributed by atoms with Crippen molar-refractivity contribution in [3.8, 4) is 0 Å². The first-order valence-electron chi connectivity index (χ1n) is 33.4. The highest BCUT2D eigenvalue weighted by molar-refractivity contribution is 5.71. The van der Waals surface area contributed by atoms with Crippen LogP contribution in [0.4, 0.5) is 0 Å². The molecular weight excluding hydrogens is 1010 g/mol. The van der Waals surface area contributed by atoms with Crippen LogP contribution in [0.15, 0.2) is 97.2 Å². The summed E-state index contributed by atoms with van der Waals surface area (Å²) in [5.74, 6) is -2.02. The minimum atomic E-state index is -1.52. The molecule has 0 aromatic carbocycles. The van der Waals surface area contributed by atoms with Crippen LogP contribution in [-0.2, 0) is 33.3 Å². The summed E-state index contributed by atoms with van der Waals surface area (Å²) < 4.78 is 22.9. The van der Waals surface area contributed by atoms with Gasteiger partial charge in [0.2, 0.25) is 0 Å². The molecule has 9 nitrogen and oxygen atoms in total. The molecule has 0 aliphatic rings. The van der Waals surface area contributed by atoms with Crippen LogP contribution in [0.1, 0.15) is 284 Å². The van der Waals surface area contributed by atoms with Gasteiger partial charge in [0.05, 0.1) is 34.4 Å². The fraction of sp³-hybridized carbons (Fsp3) is 0.736. The number of nitrogens with zero attached hydrogens (tertiary/aromatic N) is 1. The molecule has 0 heterocycles. The van der Waals surface area contributed by atoms with Crippen molar-refractivity contribution in [2.75, 3.05) is 47.5 Å². The maximum atomic E-state index is 12.9. The number of esters is 2. The number of ether oxygens (including phenoxy) is 4. The topological polar surface area (TPSA) is 108 Å². The van der Waals surface area contributed by atoms with Gasteiger partial charge < -0.3 is 28.5 Å². The SMILES string of the molecule is CC/C=C\C/C=C\C/C=C\C/C=C\C/C=C\CCCCCCCCCCCCCCCCCCCCCCCCCCCC(=O)OC(COC(=O)CCCCCCC/C=C\C/C=C\C/C=C\CC)COC(OCC[N+](C)(C)C)C(=O)O. The van der Waals surface area contributed by atoms with Crippen LogP contribution in [-0.4, -0.2) is 87.4 Å². The zero-order valence-electron chi connectivity index (χ0n) is 53.2. The van der Waals surface area contributed by atoms with Crippen LogP contribution in [0.3, 0.4) is 0 Å². The molecule has 0 saturated heterocycles. The van der Waals surface area contributed by atoms with Crippen molar-refractivity contribution >= 4 is 17.9 Å². The Morgan fingerprint density at radius 2 is 0.667 bits per heavy atom. The number of carboxylic acids is 1. The molecule has 0 bridgehead atoms. The molecule has 0 rings (SSSR count). The highest BCUT2D eigenvalue weighted by Gasteiger charge is 2.25. The predicted octanol–water partition coefficient (Wildman–Crippen LogP) is 20.5. The Balaban J connectivity index is 3.95. The molecular formula is C72H126NO8+. The average molecular weight is 1130 g/mol. The fourth-order valence-corrected chi connectivity index (χ4v) is 9.29. The fourth-order valence-electron chi connectivity index (χ4n) is 9.29. The van der Waals surface area contributed by atoms with Gasteiger partial charge in [0.15, 0.2) is 6.10 Å². The molecule has 1 N–H and O–H groups in total. The smallest absolute Gasteiger partial charge is 0.361 e. The lowest BCUT2D eigenvalue weighted by atomic mass is 10.0. The number of aliphatic carboxylic acids is 1. The number of unbranched alkanes of at least 4 members (excludes halogenated alkanes) is 30. The van der Waals surface area contributed by atoms with Gasteiger partial charge in [-0.05, 0) is 89.9 Å². The summed E-state index contributed by atoms with van der Waals surface area (Å²) >= 11 is 0. The van der Waals surface area contributed by atoms with Crippen LogP contribution in [0.25, 0.3) is 0 Å². The Labute approximate surface area is 499 Å². The van der Waals surface area contributed by atoms with Gasteiger partial charge in [0.1, 0.15) is 13.2 Å². The standard InChI is InChI=1S/C72H125NO8/c1-6-8-10-12-14-16-18-20-22-23-24-25-26-27-28-29-30-31-32-33-34-35-36-37-38-39-40-41-42-43-44-45-46-47-49-51-53-55-57-59-61-63-70(75)81-68(67-80-72(71(76)77)78-65-64-73(3,4)5)66-79-69(74)62-60-58-56-54-52-50-48-21-19-17-15-13-11-9-7-2/h8-11,14-17,20-22,24-25,27-28,48,68,72H,6-7,12-13,18-19,23,26,29-47,49-67H2,1-5H3/p+1/b10-8-,11-9-,16-14-,17-15-,22-20-,25-24-,28-27-,48-21-. The van der Waals surface area contributed by atoms with Gasteiger partial charge in [-0.1, -0.05) is 278 Å². The quantitative estimate of drug-likeness (QED) is 0.0211. The number of carbonyl (C=O) groups excluding carboxylic acids is 2. The Morgan fingerprint density at radius 1 is 0.370 bits per heavy atom. The van der Waals surface area contributed by atoms with Crippen LogP contribution < -0.4 is 0 Å². The largest absolute Gasteiger partial charge is 0.477 e. The molecule has 9 heteroatoms. The highest BCUT2D eigenvalue weighted by atomic mass is 16.7. The van der Waals surface area contributed by atoms with Gasteiger partial charge in [-0.15, -0.1) is 0 Å². The van der Waals surface area contributed by atoms with Crippen molar-refractivity contribution < 1.29 is 42.9 Å². The second-order valence-electron chi connectivity index (χ2n) is 23.4. The van der Waals surface area contributed by atoms with Crippen LogP contribution in [0.2, 0.25) is 0 Å². The van der Waals surface area contributed by atoms with E-state index in [0.29, 0.717) is 11.0 Å². The molecule has 0 amide bonds. The average Bonchev–Trinajstić information content (AvgIpc) is 3.44. The molecule has 0 aliphatic carbocycles. The molecule has 0 aliphatic heterocycles. The van der Waals surface area contributed by atoms with Crippen molar-refractivity contribution in [3.05, 3.63) is 97.2 Å². The monoisotopic (exact) mass is 1130 g/mol. The van der Waals surface area contributed by atoms with Gasteiger partial charge in [0.25, 0.3) is 6.29 Å². The molecule has 0 spiro atoms. The summed E-state index contributed by atoms with van der Waals surface area (Å²) in [6.45, 7) is 4.65. The lowest BCUT2D eigenvalue weighted by Gasteiger charge is -2.25.